The van der Waals surface area contributed by atoms with Crippen LogP contribution in [-0.2, 0) is 4.79 Å². The first-order valence-corrected chi connectivity index (χ1v) is 5.09. The Labute approximate surface area is 91.2 Å². The van der Waals surface area contributed by atoms with E-state index in [1.807, 2.05) is 0 Å². The third kappa shape index (κ3) is 2.33. The number of tetrazole rings is 1. The van der Waals surface area contributed by atoms with Crippen molar-refractivity contribution in [3.8, 4) is 0 Å². The molecule has 0 saturated carbocycles. The number of carbonyl (C=O) groups excluding carboxylic acids is 2. The summed E-state index contributed by atoms with van der Waals surface area (Å²) < 4.78 is 0. The smallest absolute Gasteiger partial charge is 0.293 e. The first-order valence-electron chi connectivity index (χ1n) is 5.09. The van der Waals surface area contributed by atoms with E-state index in [9.17, 15) is 9.59 Å². The number of nitrogens with zero attached hydrogens (tertiary/aromatic N) is 3. The van der Waals surface area contributed by atoms with Crippen LogP contribution in [0.4, 0.5) is 0 Å². The molecule has 1 aromatic rings. The Balaban J connectivity index is 1.97. The van der Waals surface area contributed by atoms with Crippen LogP contribution in [0.5, 0.6) is 0 Å². The van der Waals surface area contributed by atoms with Crippen molar-refractivity contribution in [2.75, 3.05) is 6.54 Å². The molecule has 2 rings (SSSR count). The molecule has 1 unspecified atom stereocenters. The van der Waals surface area contributed by atoms with Gasteiger partial charge in [0.15, 0.2) is 0 Å². The third-order valence-corrected chi connectivity index (χ3v) is 2.39. The quantitative estimate of drug-likeness (QED) is 0.571. The Kier molecular flexibility index (Phi) is 3.08. The number of carbonyl (C=O) groups is 2. The molecule has 2 amide bonds. The molecule has 0 aromatic carbocycles. The van der Waals surface area contributed by atoms with Gasteiger partial charge in [-0.1, -0.05) is 0 Å². The Morgan fingerprint density at radius 3 is 3.06 bits per heavy atom. The lowest BCUT2D eigenvalue weighted by Gasteiger charge is -2.13. The summed E-state index contributed by atoms with van der Waals surface area (Å²) in [5.74, 6) is -0.706. The number of rotatable bonds is 2. The topological polar surface area (TPSA) is 113 Å². The summed E-state index contributed by atoms with van der Waals surface area (Å²) in [5.41, 5.74) is 0. The highest BCUT2D eigenvalue weighted by Gasteiger charge is 2.24. The van der Waals surface area contributed by atoms with E-state index in [0.717, 1.165) is 12.8 Å². The fraction of sp³-hybridized carbons (Fsp3) is 0.625. The van der Waals surface area contributed by atoms with Gasteiger partial charge in [0.1, 0.15) is 6.04 Å². The zero-order valence-corrected chi connectivity index (χ0v) is 8.56. The van der Waals surface area contributed by atoms with Gasteiger partial charge in [-0.3, -0.25) is 9.59 Å². The Morgan fingerprint density at radius 1 is 1.44 bits per heavy atom. The van der Waals surface area contributed by atoms with Crippen LogP contribution < -0.4 is 10.6 Å². The van der Waals surface area contributed by atoms with Crippen molar-refractivity contribution in [2.45, 2.75) is 25.3 Å². The van der Waals surface area contributed by atoms with Crippen molar-refractivity contribution in [1.29, 1.82) is 0 Å². The van der Waals surface area contributed by atoms with Crippen molar-refractivity contribution < 1.29 is 9.59 Å². The highest BCUT2D eigenvalue weighted by molar-refractivity contribution is 5.94. The molecular formula is C8H12N6O2. The van der Waals surface area contributed by atoms with Gasteiger partial charge < -0.3 is 10.6 Å². The molecule has 1 atom stereocenters. The standard InChI is InChI=1S/C8H12N6O2/c15-7-5(3-1-2-4-9-7)10-8(16)6-11-13-14-12-6/h5H,1-4H2,(H,9,15)(H,10,16)(H,11,12,13,14). The average Bonchev–Trinajstić information content (AvgIpc) is 2.73. The van der Waals surface area contributed by atoms with Gasteiger partial charge >= 0.3 is 0 Å². The van der Waals surface area contributed by atoms with Crippen LogP contribution in [-0.4, -0.2) is 45.0 Å². The van der Waals surface area contributed by atoms with Gasteiger partial charge in [0.2, 0.25) is 5.91 Å². The summed E-state index contributed by atoms with van der Waals surface area (Å²) in [4.78, 5) is 23.1. The molecule has 16 heavy (non-hydrogen) atoms. The van der Waals surface area contributed by atoms with E-state index in [1.165, 1.54) is 0 Å². The Bertz CT molecular complexity index is 376. The molecule has 0 aliphatic carbocycles. The lowest BCUT2D eigenvalue weighted by atomic mass is 10.1. The van der Waals surface area contributed by atoms with E-state index in [-0.39, 0.29) is 11.7 Å². The molecule has 8 heteroatoms. The van der Waals surface area contributed by atoms with Crippen LogP contribution in [0, 0.1) is 0 Å². The zero-order valence-electron chi connectivity index (χ0n) is 8.56. The lowest BCUT2D eigenvalue weighted by Crippen LogP contribution is -2.45. The first kappa shape index (κ1) is 10.5. The number of hydrogen-bond acceptors (Lipinski definition) is 5. The molecule has 0 bridgehead atoms. The minimum Gasteiger partial charge on any atom is -0.354 e. The van der Waals surface area contributed by atoms with Gasteiger partial charge in [0, 0.05) is 6.54 Å². The average molecular weight is 224 g/mol. The molecule has 2 heterocycles. The maximum Gasteiger partial charge on any atom is 0.293 e. The van der Waals surface area contributed by atoms with Gasteiger partial charge in [-0.05, 0) is 24.5 Å². The number of aromatic nitrogens is 4. The lowest BCUT2D eigenvalue weighted by molar-refractivity contribution is -0.122. The van der Waals surface area contributed by atoms with E-state index in [4.69, 9.17) is 0 Å². The van der Waals surface area contributed by atoms with E-state index in [2.05, 4.69) is 31.3 Å². The molecule has 8 nitrogen and oxygen atoms in total. The molecular weight excluding hydrogens is 212 g/mol. The van der Waals surface area contributed by atoms with Crippen LogP contribution in [0.3, 0.4) is 0 Å². The van der Waals surface area contributed by atoms with Crippen LogP contribution in [0.25, 0.3) is 0 Å². The van der Waals surface area contributed by atoms with E-state index >= 15 is 0 Å². The minimum atomic E-state index is -0.506. The van der Waals surface area contributed by atoms with Gasteiger partial charge in [0.05, 0.1) is 0 Å². The van der Waals surface area contributed by atoms with Crippen molar-refractivity contribution in [3.05, 3.63) is 5.82 Å². The maximum absolute atomic E-state index is 11.6. The number of H-pyrrole nitrogens is 1. The van der Waals surface area contributed by atoms with Crippen molar-refractivity contribution >= 4 is 11.8 Å². The van der Waals surface area contributed by atoms with E-state index in [1.54, 1.807) is 0 Å². The molecule has 0 radical (unpaired) electrons. The molecule has 1 fully saturated rings. The monoisotopic (exact) mass is 224 g/mol. The number of aromatic amines is 1. The fourth-order valence-electron chi connectivity index (χ4n) is 1.56. The summed E-state index contributed by atoms with van der Waals surface area (Å²) in [7, 11) is 0. The molecule has 86 valence electrons. The summed E-state index contributed by atoms with van der Waals surface area (Å²) in [6.07, 6.45) is 2.46. The number of hydrogen-bond donors (Lipinski definition) is 3. The number of nitrogens with one attached hydrogen (secondary N) is 3. The highest BCUT2D eigenvalue weighted by atomic mass is 16.2. The van der Waals surface area contributed by atoms with Crippen LogP contribution >= 0.6 is 0 Å². The Morgan fingerprint density at radius 2 is 2.31 bits per heavy atom. The third-order valence-electron chi connectivity index (χ3n) is 2.39. The second kappa shape index (κ2) is 4.69. The zero-order chi connectivity index (χ0) is 11.4. The minimum absolute atomic E-state index is 0.0583. The van der Waals surface area contributed by atoms with Gasteiger partial charge in [-0.2, -0.15) is 5.21 Å². The van der Waals surface area contributed by atoms with Crippen LogP contribution in [0.2, 0.25) is 0 Å². The molecule has 1 saturated heterocycles. The SMILES string of the molecule is O=C(NC1CCCCNC1=O)c1nn[nH]n1. The predicted octanol–water partition coefficient (Wildman–Crippen LogP) is -1.40. The largest absolute Gasteiger partial charge is 0.354 e. The maximum atomic E-state index is 11.6. The predicted molar refractivity (Wildman–Crippen MR) is 52.3 cm³/mol. The van der Waals surface area contributed by atoms with E-state index in [0.29, 0.717) is 13.0 Å². The summed E-state index contributed by atoms with van der Waals surface area (Å²) in [6, 6.07) is -0.506. The van der Waals surface area contributed by atoms with Gasteiger partial charge in [-0.15, -0.1) is 10.2 Å². The van der Waals surface area contributed by atoms with E-state index < -0.39 is 11.9 Å². The van der Waals surface area contributed by atoms with Crippen molar-refractivity contribution in [2.24, 2.45) is 0 Å². The first-order chi connectivity index (χ1) is 7.77. The molecule has 0 spiro atoms. The summed E-state index contributed by atoms with van der Waals surface area (Å²) >= 11 is 0. The second-order valence-electron chi connectivity index (χ2n) is 3.55. The van der Waals surface area contributed by atoms with Gasteiger partial charge in [-0.25, -0.2) is 0 Å². The molecule has 1 aliphatic rings. The highest BCUT2D eigenvalue weighted by Crippen LogP contribution is 2.05. The molecule has 1 aliphatic heterocycles. The fourth-order valence-corrected chi connectivity index (χ4v) is 1.56. The van der Waals surface area contributed by atoms with Crippen LogP contribution in [0.15, 0.2) is 0 Å². The van der Waals surface area contributed by atoms with Crippen LogP contribution in [0.1, 0.15) is 29.9 Å². The molecule has 3 N–H and O–H groups in total. The number of amides is 2. The summed E-state index contributed by atoms with van der Waals surface area (Å²) in [6.45, 7) is 0.660. The van der Waals surface area contributed by atoms with Crippen molar-refractivity contribution in [1.82, 2.24) is 31.3 Å². The molecule has 1 aromatic heterocycles. The Hall–Kier alpha value is -1.99. The second-order valence-corrected chi connectivity index (χ2v) is 3.55. The normalized spacial score (nSPS) is 21.0. The van der Waals surface area contributed by atoms with Gasteiger partial charge in [0.25, 0.3) is 11.7 Å². The summed E-state index contributed by atoms with van der Waals surface area (Å²) in [5, 5.41) is 17.8. The van der Waals surface area contributed by atoms with Crippen molar-refractivity contribution in [3.63, 3.8) is 0 Å².